The van der Waals surface area contributed by atoms with Gasteiger partial charge in [0.2, 0.25) is 5.16 Å². The van der Waals surface area contributed by atoms with E-state index in [-0.39, 0.29) is 24.8 Å². The van der Waals surface area contributed by atoms with Crippen molar-refractivity contribution in [2.45, 2.75) is 22.9 Å². The number of hydrogen-bond donors (Lipinski definition) is 1. The molecule has 0 spiro atoms. The van der Waals surface area contributed by atoms with Gasteiger partial charge >= 0.3 is 0 Å². The van der Waals surface area contributed by atoms with E-state index in [4.69, 9.17) is 9.72 Å². The van der Waals surface area contributed by atoms with Crippen LogP contribution in [-0.4, -0.2) is 75.9 Å². The minimum atomic E-state index is 0. The number of fused-ring (bicyclic) bond motifs is 2. The molecule has 11 heteroatoms. The monoisotopic (exact) mass is 438 g/mol. The Bertz CT molecular complexity index is 726. The normalized spacial score (nSPS) is 17.3. The van der Waals surface area contributed by atoms with Crippen molar-refractivity contribution < 1.29 is 4.74 Å². The third kappa shape index (κ3) is 4.69. The summed E-state index contributed by atoms with van der Waals surface area (Å²) in [5.41, 5.74) is 1.16. The van der Waals surface area contributed by atoms with E-state index in [1.165, 1.54) is 11.3 Å². The molecule has 2 aromatic heterocycles. The number of nitrogens with one attached hydrogen (secondary N) is 1. The van der Waals surface area contributed by atoms with Crippen LogP contribution in [0, 0.1) is 0 Å². The number of morpholine rings is 1. The van der Waals surface area contributed by atoms with Crippen molar-refractivity contribution in [2.24, 2.45) is 0 Å². The van der Waals surface area contributed by atoms with Crippen molar-refractivity contribution in [3.8, 4) is 0 Å². The average molecular weight is 439 g/mol. The van der Waals surface area contributed by atoms with Gasteiger partial charge in [-0.3, -0.25) is 4.90 Å². The Morgan fingerprint density at radius 2 is 2.04 bits per heavy atom. The number of rotatable bonds is 5. The second kappa shape index (κ2) is 10.2. The molecular weight excluding hydrogens is 415 g/mol. The highest BCUT2D eigenvalue weighted by Crippen LogP contribution is 2.35. The first-order valence-electron chi connectivity index (χ1n) is 8.35. The van der Waals surface area contributed by atoms with E-state index in [1.807, 2.05) is 22.5 Å². The molecule has 1 N–H and O–H groups in total. The van der Waals surface area contributed by atoms with E-state index >= 15 is 0 Å². The maximum Gasteiger partial charge on any atom is 0.255 e. The molecular formula is C15H24Cl2N6OS2. The summed E-state index contributed by atoms with van der Waals surface area (Å²) in [5, 5.41) is 8.98. The van der Waals surface area contributed by atoms with E-state index < -0.39 is 0 Å². The Hall–Kier alpha value is -0.450. The molecule has 4 rings (SSSR count). The Morgan fingerprint density at radius 1 is 1.23 bits per heavy atom. The zero-order valence-corrected chi connectivity index (χ0v) is 17.9. The predicted molar refractivity (Wildman–Crippen MR) is 112 cm³/mol. The Balaban J connectivity index is 0.00000121. The van der Waals surface area contributed by atoms with Gasteiger partial charge in [-0.2, -0.15) is 9.50 Å². The number of hydrogen-bond acceptors (Lipinski definition) is 8. The molecule has 1 fully saturated rings. The summed E-state index contributed by atoms with van der Waals surface area (Å²) in [6.45, 7) is 5.60. The van der Waals surface area contributed by atoms with Crippen LogP contribution in [0.2, 0.25) is 0 Å². The molecule has 0 bridgehead atoms. The number of anilines is 1. The molecule has 7 nitrogen and oxygen atoms in total. The second-order valence-corrected chi connectivity index (χ2v) is 7.76. The number of ether oxygens (including phenoxy) is 1. The molecule has 0 aliphatic carbocycles. The molecule has 2 aliphatic heterocycles. The van der Waals surface area contributed by atoms with Crippen molar-refractivity contribution in [3.63, 3.8) is 0 Å². The van der Waals surface area contributed by atoms with Gasteiger partial charge in [-0.1, -0.05) is 11.8 Å². The minimum absolute atomic E-state index is 0. The van der Waals surface area contributed by atoms with Crippen molar-refractivity contribution in [1.82, 2.24) is 24.5 Å². The lowest BCUT2D eigenvalue weighted by atomic mass is 10.2. The van der Waals surface area contributed by atoms with Crippen LogP contribution >= 0.6 is 48.3 Å². The van der Waals surface area contributed by atoms with Gasteiger partial charge in [-0.25, -0.2) is 4.98 Å². The lowest BCUT2D eigenvalue weighted by molar-refractivity contribution is 0.0398. The van der Waals surface area contributed by atoms with Gasteiger partial charge in [0.15, 0.2) is 0 Å². The van der Waals surface area contributed by atoms with E-state index in [0.29, 0.717) is 5.78 Å². The summed E-state index contributed by atoms with van der Waals surface area (Å²) < 4.78 is 7.29. The molecule has 1 saturated heterocycles. The zero-order chi connectivity index (χ0) is 16.4. The summed E-state index contributed by atoms with van der Waals surface area (Å²) in [5.74, 6) is 2.90. The minimum Gasteiger partial charge on any atom is -0.379 e. The third-order valence-electron chi connectivity index (χ3n) is 4.31. The van der Waals surface area contributed by atoms with Crippen LogP contribution in [0.4, 0.5) is 5.82 Å². The lowest BCUT2D eigenvalue weighted by Crippen LogP contribution is -2.39. The highest BCUT2D eigenvalue weighted by atomic mass is 35.5. The zero-order valence-electron chi connectivity index (χ0n) is 14.6. The maximum atomic E-state index is 5.41. The fourth-order valence-corrected chi connectivity index (χ4v) is 4.48. The van der Waals surface area contributed by atoms with Crippen LogP contribution in [0.3, 0.4) is 0 Å². The Morgan fingerprint density at radius 3 is 2.81 bits per heavy atom. The van der Waals surface area contributed by atoms with Crippen molar-refractivity contribution in [3.05, 3.63) is 5.69 Å². The summed E-state index contributed by atoms with van der Waals surface area (Å²) in [7, 11) is 0. The number of nitrogens with zero attached hydrogens (tertiary/aromatic N) is 5. The van der Waals surface area contributed by atoms with Gasteiger partial charge in [0, 0.05) is 26.2 Å². The summed E-state index contributed by atoms with van der Waals surface area (Å²) in [6.07, 6.45) is 4.20. The van der Waals surface area contributed by atoms with Crippen LogP contribution in [0.1, 0.15) is 12.1 Å². The molecule has 0 saturated carbocycles. The van der Waals surface area contributed by atoms with E-state index in [1.54, 1.807) is 11.8 Å². The van der Waals surface area contributed by atoms with E-state index in [2.05, 4.69) is 20.3 Å². The van der Waals surface area contributed by atoms with Crippen LogP contribution in [-0.2, 0) is 11.2 Å². The third-order valence-corrected chi connectivity index (χ3v) is 6.05. The molecule has 0 amide bonds. The van der Waals surface area contributed by atoms with Gasteiger partial charge in [-0.15, -0.1) is 41.7 Å². The second-order valence-electron chi connectivity index (χ2n) is 5.88. The van der Waals surface area contributed by atoms with E-state index in [9.17, 15) is 0 Å². The van der Waals surface area contributed by atoms with Gasteiger partial charge in [0.25, 0.3) is 5.78 Å². The molecule has 0 atom stereocenters. The summed E-state index contributed by atoms with van der Waals surface area (Å²) in [4.78, 5) is 12.9. The van der Waals surface area contributed by atoms with E-state index in [0.717, 1.165) is 68.2 Å². The van der Waals surface area contributed by atoms with Gasteiger partial charge in [0.1, 0.15) is 5.82 Å². The predicted octanol–water partition coefficient (Wildman–Crippen LogP) is 2.47. The molecule has 0 aromatic carbocycles. The first-order chi connectivity index (χ1) is 11.8. The SMILES string of the molecule is CSc1nc2nc3c(c(NCCN4CCOCC4)n2n1)SCCC3.Cl.Cl. The van der Waals surface area contributed by atoms with Crippen LogP contribution in [0.5, 0.6) is 0 Å². The van der Waals surface area contributed by atoms with Gasteiger partial charge in [0.05, 0.1) is 23.8 Å². The number of aromatic nitrogens is 4. The quantitative estimate of drug-likeness (QED) is 0.713. The standard InChI is InChI=1S/C15H22N6OS2.2ClH/c1-23-15-18-14-17-11-3-2-10-24-12(11)13(21(14)19-15)16-4-5-20-6-8-22-9-7-20;;/h16H,2-10H2,1H3;2*1H. The average Bonchev–Trinajstić information content (AvgIpc) is 3.05. The fraction of sp³-hybridized carbons (Fsp3) is 0.667. The Labute approximate surface area is 174 Å². The van der Waals surface area contributed by atoms with Crippen LogP contribution in [0.15, 0.2) is 10.1 Å². The smallest absolute Gasteiger partial charge is 0.255 e. The molecule has 0 unspecified atom stereocenters. The summed E-state index contributed by atoms with van der Waals surface area (Å²) in [6, 6.07) is 0. The maximum absolute atomic E-state index is 5.41. The highest BCUT2D eigenvalue weighted by Gasteiger charge is 2.21. The fourth-order valence-electron chi connectivity index (χ4n) is 3.05. The Kier molecular flexibility index (Phi) is 8.56. The van der Waals surface area contributed by atoms with Gasteiger partial charge < -0.3 is 10.1 Å². The van der Waals surface area contributed by atoms with Crippen molar-refractivity contribution in [2.75, 3.05) is 56.7 Å². The van der Waals surface area contributed by atoms with Crippen molar-refractivity contribution >= 4 is 59.9 Å². The number of halogens is 2. The van der Waals surface area contributed by atoms with Crippen molar-refractivity contribution in [1.29, 1.82) is 0 Å². The first-order valence-corrected chi connectivity index (χ1v) is 10.6. The summed E-state index contributed by atoms with van der Waals surface area (Å²) >= 11 is 3.43. The topological polar surface area (TPSA) is 67.6 Å². The molecule has 4 heterocycles. The number of aryl methyl sites for hydroxylation is 1. The first kappa shape index (κ1) is 21.8. The largest absolute Gasteiger partial charge is 0.379 e. The van der Waals surface area contributed by atoms with Gasteiger partial charge in [-0.05, 0) is 24.9 Å². The lowest BCUT2D eigenvalue weighted by Gasteiger charge is -2.27. The van der Waals surface area contributed by atoms with Crippen LogP contribution in [0.25, 0.3) is 5.78 Å². The molecule has 146 valence electrons. The molecule has 2 aliphatic rings. The molecule has 26 heavy (non-hydrogen) atoms. The van der Waals surface area contributed by atoms with Crippen LogP contribution < -0.4 is 5.32 Å². The number of thioether (sulfide) groups is 2. The molecule has 2 aromatic rings. The molecule has 0 radical (unpaired) electrons. The highest BCUT2D eigenvalue weighted by molar-refractivity contribution is 7.99.